The Morgan fingerprint density at radius 2 is 1.65 bits per heavy atom. The van der Waals surface area contributed by atoms with Crippen LogP contribution in [0.5, 0.6) is 0 Å². The highest BCUT2D eigenvalue weighted by Crippen LogP contribution is 2.21. The second-order valence-corrected chi connectivity index (χ2v) is 7.19. The van der Waals surface area contributed by atoms with E-state index in [1.807, 2.05) is 19.9 Å². The lowest BCUT2D eigenvalue weighted by molar-refractivity contribution is 0.601. The van der Waals surface area contributed by atoms with Crippen molar-refractivity contribution in [3.63, 3.8) is 0 Å². The Morgan fingerprint density at radius 3 is 2.20 bits per heavy atom. The number of benzene rings is 1. The van der Waals surface area contributed by atoms with Crippen molar-refractivity contribution in [1.29, 1.82) is 0 Å². The first kappa shape index (κ1) is 15.0. The number of aromatic nitrogens is 1. The van der Waals surface area contributed by atoms with Crippen LogP contribution in [0.2, 0.25) is 0 Å². The first-order valence-corrected chi connectivity index (χ1v) is 8.30. The molecule has 1 N–H and O–H groups in total. The fraction of sp³-hybridized carbons (Fsp3) is 0.214. The van der Waals surface area contributed by atoms with E-state index in [0.717, 1.165) is 11.1 Å². The number of nitrogens with zero attached hydrogens (tertiary/aromatic N) is 1. The van der Waals surface area contributed by atoms with Crippen molar-refractivity contribution < 1.29 is 8.42 Å². The van der Waals surface area contributed by atoms with Crippen molar-refractivity contribution in [3.8, 4) is 0 Å². The van der Waals surface area contributed by atoms with E-state index in [-0.39, 0.29) is 4.90 Å². The molecule has 0 fully saturated rings. The van der Waals surface area contributed by atoms with Crippen LogP contribution in [-0.2, 0) is 10.0 Å². The third-order valence-electron chi connectivity index (χ3n) is 2.80. The van der Waals surface area contributed by atoms with Gasteiger partial charge in [-0.2, -0.15) is 0 Å². The van der Waals surface area contributed by atoms with Crippen LogP contribution in [0.1, 0.15) is 16.8 Å². The predicted molar refractivity (Wildman–Crippen MR) is 83.4 cm³/mol. The van der Waals surface area contributed by atoms with E-state index in [0.29, 0.717) is 16.0 Å². The monoisotopic (exact) mass is 354 g/mol. The minimum Gasteiger partial charge on any atom is -0.278 e. The number of aryl methyl sites for hydroxylation is 3. The molecular weight excluding hydrogens is 340 g/mol. The van der Waals surface area contributed by atoms with E-state index in [4.69, 9.17) is 0 Å². The van der Waals surface area contributed by atoms with Crippen molar-refractivity contribution >= 4 is 31.6 Å². The highest BCUT2D eigenvalue weighted by Gasteiger charge is 2.16. The molecule has 1 heterocycles. The third-order valence-corrected chi connectivity index (χ3v) is 4.59. The summed E-state index contributed by atoms with van der Waals surface area (Å²) in [6, 6.07) is 8.62. The summed E-state index contributed by atoms with van der Waals surface area (Å²) in [6.45, 7) is 5.50. The number of anilines is 1. The number of nitrogens with one attached hydrogen (secondary N) is 1. The van der Waals surface area contributed by atoms with Gasteiger partial charge in [0.2, 0.25) is 0 Å². The van der Waals surface area contributed by atoms with Gasteiger partial charge in [0.1, 0.15) is 4.60 Å². The summed E-state index contributed by atoms with van der Waals surface area (Å²) < 4.78 is 28.0. The molecule has 0 amide bonds. The number of hydrogen-bond donors (Lipinski definition) is 1. The van der Waals surface area contributed by atoms with E-state index in [1.165, 1.54) is 0 Å². The minimum atomic E-state index is -3.60. The molecule has 1 aromatic heterocycles. The van der Waals surface area contributed by atoms with E-state index < -0.39 is 10.0 Å². The van der Waals surface area contributed by atoms with E-state index in [1.54, 1.807) is 31.2 Å². The highest BCUT2D eigenvalue weighted by atomic mass is 79.9. The Balaban J connectivity index is 2.40. The van der Waals surface area contributed by atoms with E-state index in [9.17, 15) is 8.42 Å². The molecule has 0 radical (unpaired) electrons. The zero-order valence-electron chi connectivity index (χ0n) is 11.4. The summed E-state index contributed by atoms with van der Waals surface area (Å²) >= 11 is 3.25. The molecule has 0 saturated carbocycles. The topological polar surface area (TPSA) is 59.1 Å². The molecule has 0 atom stereocenters. The maximum atomic E-state index is 12.4. The Bertz CT molecular complexity index is 738. The van der Waals surface area contributed by atoms with Gasteiger partial charge in [0.15, 0.2) is 0 Å². The number of rotatable bonds is 3. The van der Waals surface area contributed by atoms with Crippen molar-refractivity contribution in [2.45, 2.75) is 25.7 Å². The molecule has 6 heteroatoms. The van der Waals surface area contributed by atoms with Crippen molar-refractivity contribution in [2.24, 2.45) is 0 Å². The third kappa shape index (κ3) is 3.37. The lowest BCUT2D eigenvalue weighted by Crippen LogP contribution is -2.14. The molecule has 4 nitrogen and oxygen atoms in total. The van der Waals surface area contributed by atoms with Crippen LogP contribution in [0, 0.1) is 20.8 Å². The second-order valence-electron chi connectivity index (χ2n) is 4.70. The Morgan fingerprint density at radius 1 is 1.05 bits per heavy atom. The zero-order valence-corrected chi connectivity index (χ0v) is 13.8. The van der Waals surface area contributed by atoms with Crippen LogP contribution in [-0.4, -0.2) is 13.4 Å². The fourth-order valence-corrected chi connectivity index (χ4v) is 3.63. The average Bonchev–Trinajstić information content (AvgIpc) is 2.31. The van der Waals surface area contributed by atoms with Crippen LogP contribution in [0.25, 0.3) is 0 Å². The van der Waals surface area contributed by atoms with Gasteiger partial charge in [-0.3, -0.25) is 4.72 Å². The molecule has 0 unspecified atom stereocenters. The van der Waals surface area contributed by atoms with Gasteiger partial charge >= 0.3 is 0 Å². The lowest BCUT2D eigenvalue weighted by Gasteiger charge is -2.11. The van der Waals surface area contributed by atoms with Crippen LogP contribution >= 0.6 is 15.9 Å². The summed E-state index contributed by atoms with van der Waals surface area (Å²) in [7, 11) is -3.60. The Kier molecular flexibility index (Phi) is 4.15. The molecule has 106 valence electrons. The highest BCUT2D eigenvalue weighted by molar-refractivity contribution is 9.10. The first-order valence-electron chi connectivity index (χ1n) is 6.02. The molecular formula is C14H15BrN2O2S. The molecule has 20 heavy (non-hydrogen) atoms. The minimum absolute atomic E-state index is 0.261. The standard InChI is InChI=1S/C14H15BrN2O2S/c1-9-6-10(2)8-12(7-9)20(18,19)17-13-4-5-14(15)16-11(13)3/h4-8,17H,1-3H3. The van der Waals surface area contributed by atoms with Crippen LogP contribution in [0.4, 0.5) is 5.69 Å². The SMILES string of the molecule is Cc1cc(C)cc(S(=O)(=O)Nc2ccc(Br)nc2C)c1. The van der Waals surface area contributed by atoms with Crippen molar-refractivity contribution in [2.75, 3.05) is 4.72 Å². The molecule has 0 aliphatic heterocycles. The van der Waals surface area contributed by atoms with Gasteiger partial charge in [0, 0.05) is 0 Å². The zero-order chi connectivity index (χ0) is 14.9. The van der Waals surface area contributed by atoms with Gasteiger partial charge < -0.3 is 0 Å². The van der Waals surface area contributed by atoms with Crippen LogP contribution in [0.15, 0.2) is 39.8 Å². The predicted octanol–water partition coefficient (Wildman–Crippen LogP) is 3.57. The summed E-state index contributed by atoms with van der Waals surface area (Å²) in [5, 5.41) is 0. The largest absolute Gasteiger partial charge is 0.278 e. The molecule has 0 aliphatic carbocycles. The van der Waals surface area contributed by atoms with Gasteiger partial charge in [0.05, 0.1) is 16.3 Å². The molecule has 1 aromatic carbocycles. The molecule has 0 saturated heterocycles. The average molecular weight is 355 g/mol. The quantitative estimate of drug-likeness (QED) is 0.857. The fourth-order valence-electron chi connectivity index (χ4n) is 1.93. The maximum absolute atomic E-state index is 12.4. The molecule has 0 spiro atoms. The summed E-state index contributed by atoms with van der Waals surface area (Å²) in [6.07, 6.45) is 0. The lowest BCUT2D eigenvalue weighted by atomic mass is 10.2. The van der Waals surface area contributed by atoms with Gasteiger partial charge in [0.25, 0.3) is 10.0 Å². The molecule has 2 aromatic rings. The molecule has 0 aliphatic rings. The summed E-state index contributed by atoms with van der Waals surface area (Å²) in [5.74, 6) is 0. The Labute approximate surface area is 127 Å². The number of hydrogen-bond acceptors (Lipinski definition) is 3. The van der Waals surface area contributed by atoms with E-state index >= 15 is 0 Å². The Hall–Kier alpha value is -1.40. The van der Waals surface area contributed by atoms with Crippen LogP contribution < -0.4 is 4.72 Å². The van der Waals surface area contributed by atoms with Gasteiger partial charge in [-0.1, -0.05) is 6.07 Å². The van der Waals surface area contributed by atoms with Gasteiger partial charge in [-0.15, -0.1) is 0 Å². The summed E-state index contributed by atoms with van der Waals surface area (Å²) in [4.78, 5) is 4.44. The maximum Gasteiger partial charge on any atom is 0.261 e. The number of pyridine rings is 1. The first-order chi connectivity index (χ1) is 9.28. The normalized spacial score (nSPS) is 11.4. The summed E-state index contributed by atoms with van der Waals surface area (Å²) in [5.41, 5.74) is 2.92. The van der Waals surface area contributed by atoms with Gasteiger partial charge in [-0.05, 0) is 72.1 Å². The van der Waals surface area contributed by atoms with Crippen molar-refractivity contribution in [3.05, 3.63) is 51.8 Å². The van der Waals surface area contributed by atoms with Gasteiger partial charge in [-0.25, -0.2) is 13.4 Å². The molecule has 0 bridgehead atoms. The van der Waals surface area contributed by atoms with Crippen molar-refractivity contribution in [1.82, 2.24) is 4.98 Å². The number of sulfonamides is 1. The number of halogens is 1. The molecule has 2 rings (SSSR count). The second kappa shape index (κ2) is 5.54. The van der Waals surface area contributed by atoms with Crippen LogP contribution in [0.3, 0.4) is 0 Å². The smallest absolute Gasteiger partial charge is 0.261 e. The van der Waals surface area contributed by atoms with E-state index in [2.05, 4.69) is 25.6 Å².